The van der Waals surface area contributed by atoms with E-state index in [1.807, 2.05) is 6.92 Å². The number of hydrogen-bond donors (Lipinski definition) is 3. The molecular weight excluding hydrogens is 536 g/mol. The molecule has 3 N–H and O–H groups in total. The van der Waals surface area contributed by atoms with Crippen molar-refractivity contribution < 1.29 is 27.9 Å². The largest absolute Gasteiger partial charge is 0.487 e. The van der Waals surface area contributed by atoms with E-state index in [0.29, 0.717) is 0 Å². The zero-order valence-corrected chi connectivity index (χ0v) is 24.4. The lowest BCUT2D eigenvalue weighted by Gasteiger charge is -2.38. The maximum atomic E-state index is 13.7. The number of nitrogens with zero attached hydrogens (tertiary/aromatic N) is 4. The Morgan fingerprint density at radius 2 is 2.00 bits per heavy atom. The van der Waals surface area contributed by atoms with Crippen LogP contribution < -0.4 is 14.8 Å². The summed E-state index contributed by atoms with van der Waals surface area (Å²) in [4.78, 5) is 33.7. The first-order chi connectivity index (χ1) is 19.0. The number of imidazole rings is 1. The number of sulfonamides is 1. The van der Waals surface area contributed by atoms with E-state index in [0.717, 1.165) is 25.7 Å². The predicted molar refractivity (Wildman–Crippen MR) is 150 cm³/mol. The Bertz CT molecular complexity index is 1310. The zero-order valence-electron chi connectivity index (χ0n) is 23.5. The molecule has 2 aliphatic rings. The molecule has 13 heteroatoms. The molecule has 1 saturated carbocycles. The van der Waals surface area contributed by atoms with Crippen molar-refractivity contribution in [2.75, 3.05) is 31.5 Å². The number of ether oxygens (including phenoxy) is 1. The van der Waals surface area contributed by atoms with E-state index in [4.69, 9.17) is 4.74 Å². The zero-order chi connectivity index (χ0) is 29.0. The second kappa shape index (κ2) is 12.5. The molecule has 3 atom stereocenters. The summed E-state index contributed by atoms with van der Waals surface area (Å²) in [6.07, 6.45) is 7.68. The number of carbonyl (C=O) groups excluding carboxylic acids is 2. The third-order valence-electron chi connectivity index (χ3n) is 7.61. The molecule has 220 valence electrons. The monoisotopic (exact) mass is 576 g/mol. The number of urea groups is 1. The summed E-state index contributed by atoms with van der Waals surface area (Å²) in [6, 6.07) is 4.03. The van der Waals surface area contributed by atoms with Crippen LogP contribution in [-0.2, 0) is 17.1 Å². The molecule has 0 spiro atoms. The highest BCUT2D eigenvalue weighted by Gasteiger charge is 2.34. The van der Waals surface area contributed by atoms with E-state index < -0.39 is 22.2 Å². The van der Waals surface area contributed by atoms with Gasteiger partial charge in [-0.1, -0.05) is 26.2 Å². The maximum absolute atomic E-state index is 13.7. The molecule has 1 aliphatic carbocycles. The van der Waals surface area contributed by atoms with Crippen molar-refractivity contribution in [1.82, 2.24) is 24.7 Å². The Balaban J connectivity index is 1.59. The first-order valence-electron chi connectivity index (χ1n) is 13.7. The normalized spacial score (nSPS) is 21.0. The lowest BCUT2D eigenvalue weighted by atomic mass is 9.96. The summed E-state index contributed by atoms with van der Waals surface area (Å²) >= 11 is 0. The van der Waals surface area contributed by atoms with Crippen molar-refractivity contribution in [2.24, 2.45) is 13.0 Å². The number of aliphatic hydroxyl groups excluding tert-OH is 1. The van der Waals surface area contributed by atoms with Gasteiger partial charge in [0, 0.05) is 44.5 Å². The molecule has 3 amide bonds. The molecule has 2 aromatic rings. The highest BCUT2D eigenvalue weighted by atomic mass is 32.2. The minimum atomic E-state index is -3.98. The van der Waals surface area contributed by atoms with Crippen LogP contribution in [0.4, 0.5) is 10.5 Å². The molecular formula is C27H40N6O6S. The van der Waals surface area contributed by atoms with Gasteiger partial charge in [-0.3, -0.25) is 9.52 Å². The number of benzene rings is 1. The van der Waals surface area contributed by atoms with Gasteiger partial charge in [0.05, 0.1) is 31.1 Å². The van der Waals surface area contributed by atoms with E-state index >= 15 is 0 Å². The minimum Gasteiger partial charge on any atom is -0.487 e. The van der Waals surface area contributed by atoms with E-state index in [2.05, 4.69) is 15.0 Å². The molecule has 0 saturated heterocycles. The number of amides is 3. The van der Waals surface area contributed by atoms with Gasteiger partial charge in [-0.25, -0.2) is 9.78 Å². The fourth-order valence-electron chi connectivity index (χ4n) is 5.12. The Kier molecular flexibility index (Phi) is 9.24. The number of hydrogen-bond acceptors (Lipinski definition) is 7. The van der Waals surface area contributed by atoms with Gasteiger partial charge >= 0.3 is 6.03 Å². The van der Waals surface area contributed by atoms with E-state index in [9.17, 15) is 23.1 Å². The molecule has 1 fully saturated rings. The van der Waals surface area contributed by atoms with Crippen molar-refractivity contribution in [3.05, 3.63) is 36.3 Å². The third-order valence-corrected chi connectivity index (χ3v) is 8.87. The first kappa shape index (κ1) is 29.7. The number of aliphatic hydroxyl groups is 1. The summed E-state index contributed by atoms with van der Waals surface area (Å²) in [5, 5.41) is 12.9. The minimum absolute atomic E-state index is 0.150. The summed E-state index contributed by atoms with van der Waals surface area (Å²) in [5.74, 6) is -0.277. The molecule has 0 radical (unpaired) electrons. The molecule has 4 rings (SSSR count). The quantitative estimate of drug-likeness (QED) is 0.437. The average Bonchev–Trinajstić information content (AvgIpc) is 3.38. The van der Waals surface area contributed by atoms with Gasteiger partial charge in [0.15, 0.2) is 5.03 Å². The number of likely N-dealkylation sites (N-methyl/N-ethyl adjacent to an activating group) is 1. The number of anilines is 1. The van der Waals surface area contributed by atoms with E-state index in [-0.39, 0.29) is 65.6 Å². The van der Waals surface area contributed by atoms with Gasteiger partial charge in [-0.15, -0.1) is 0 Å². The van der Waals surface area contributed by atoms with Crippen LogP contribution in [0.3, 0.4) is 0 Å². The summed E-state index contributed by atoms with van der Waals surface area (Å²) in [5.41, 5.74) is 0.333. The second-order valence-corrected chi connectivity index (χ2v) is 12.6. The lowest BCUT2D eigenvalue weighted by Crippen LogP contribution is -2.52. The van der Waals surface area contributed by atoms with E-state index in [1.165, 1.54) is 35.6 Å². The van der Waals surface area contributed by atoms with Crippen LogP contribution in [0, 0.1) is 5.92 Å². The highest BCUT2D eigenvalue weighted by molar-refractivity contribution is 7.92. The van der Waals surface area contributed by atoms with Crippen molar-refractivity contribution in [3.8, 4) is 5.75 Å². The second-order valence-electron chi connectivity index (χ2n) is 11.0. The van der Waals surface area contributed by atoms with Gasteiger partial charge < -0.3 is 29.5 Å². The number of fused-ring (bicyclic) bond motifs is 1. The summed E-state index contributed by atoms with van der Waals surface area (Å²) in [6.45, 7) is 4.02. The Labute approximate surface area is 235 Å². The first-order valence-corrected chi connectivity index (χ1v) is 15.2. The molecule has 40 heavy (non-hydrogen) atoms. The van der Waals surface area contributed by atoms with Crippen molar-refractivity contribution in [1.29, 1.82) is 0 Å². The van der Waals surface area contributed by atoms with Crippen LogP contribution in [0.15, 0.2) is 35.7 Å². The fraction of sp³-hybridized carbons (Fsp3) is 0.593. The van der Waals surface area contributed by atoms with Crippen LogP contribution in [0.5, 0.6) is 5.75 Å². The molecule has 0 bridgehead atoms. The Hall–Kier alpha value is -3.32. The molecule has 1 aromatic heterocycles. The number of rotatable bonds is 8. The van der Waals surface area contributed by atoms with Gasteiger partial charge in [0.1, 0.15) is 11.9 Å². The predicted octanol–water partition coefficient (Wildman–Crippen LogP) is 2.42. The van der Waals surface area contributed by atoms with Gasteiger partial charge in [0.2, 0.25) is 0 Å². The third kappa shape index (κ3) is 6.87. The lowest BCUT2D eigenvalue weighted by molar-refractivity contribution is 0.0366. The highest BCUT2D eigenvalue weighted by Crippen LogP contribution is 2.31. The average molecular weight is 577 g/mol. The Morgan fingerprint density at radius 1 is 1.27 bits per heavy atom. The number of aryl methyl sites for hydroxylation is 1. The van der Waals surface area contributed by atoms with Crippen LogP contribution in [0.2, 0.25) is 0 Å². The summed E-state index contributed by atoms with van der Waals surface area (Å²) < 4.78 is 36.0. The van der Waals surface area contributed by atoms with Crippen molar-refractivity contribution in [3.63, 3.8) is 0 Å². The van der Waals surface area contributed by atoms with Crippen LogP contribution in [0.25, 0.3) is 0 Å². The SMILES string of the molecule is C[C@H]1CN([C@@H](C)CO)C(=O)c2cc(NS(=O)(=O)c3cn(C)cn3)ccc2O[C@H]1CN(C)C(=O)NC1CCCCC1. The summed E-state index contributed by atoms with van der Waals surface area (Å²) in [7, 11) is -0.593. The topological polar surface area (TPSA) is 146 Å². The van der Waals surface area contributed by atoms with E-state index in [1.54, 1.807) is 36.9 Å². The molecule has 1 aromatic carbocycles. The molecule has 2 heterocycles. The number of aromatic nitrogens is 2. The molecule has 0 unspecified atom stereocenters. The smallest absolute Gasteiger partial charge is 0.317 e. The fourth-order valence-corrected chi connectivity index (χ4v) is 6.16. The molecule has 12 nitrogen and oxygen atoms in total. The maximum Gasteiger partial charge on any atom is 0.317 e. The van der Waals surface area contributed by atoms with Crippen LogP contribution in [0.1, 0.15) is 56.3 Å². The van der Waals surface area contributed by atoms with Crippen LogP contribution in [-0.4, -0.2) is 89.7 Å². The van der Waals surface area contributed by atoms with Crippen molar-refractivity contribution in [2.45, 2.75) is 69.2 Å². The number of nitrogens with one attached hydrogen (secondary N) is 2. The van der Waals surface area contributed by atoms with Gasteiger partial charge in [-0.2, -0.15) is 8.42 Å². The molecule has 1 aliphatic heterocycles. The number of carbonyl (C=O) groups is 2. The van der Waals surface area contributed by atoms with Crippen LogP contribution >= 0.6 is 0 Å². The van der Waals surface area contributed by atoms with Gasteiger partial charge in [0.25, 0.3) is 15.9 Å². The van der Waals surface area contributed by atoms with Gasteiger partial charge in [-0.05, 0) is 38.0 Å². The Morgan fingerprint density at radius 3 is 2.65 bits per heavy atom. The standard InChI is InChI=1S/C27H40N6O6S/c1-18-13-33(19(2)16-34)26(35)22-12-21(30-40(37,38)25-15-31(3)17-28-25)10-11-23(22)39-24(18)14-32(4)27(36)29-20-8-6-5-7-9-20/h10-12,15,17-20,24,30,34H,5-9,13-14,16H2,1-4H3,(H,29,36)/t18-,19-,24-/m0/s1. The van der Waals surface area contributed by atoms with Crippen molar-refractivity contribution >= 4 is 27.6 Å².